The summed E-state index contributed by atoms with van der Waals surface area (Å²) < 4.78 is 19.9. The summed E-state index contributed by atoms with van der Waals surface area (Å²) in [5, 5.41) is 0.734. The van der Waals surface area contributed by atoms with Crippen LogP contribution in [0.15, 0.2) is 53.1 Å². The van der Waals surface area contributed by atoms with Crippen molar-refractivity contribution in [2.75, 3.05) is 0 Å². The number of ether oxygens (including phenoxy) is 1. The van der Waals surface area contributed by atoms with Crippen molar-refractivity contribution in [2.24, 2.45) is 0 Å². The fourth-order valence-corrected chi connectivity index (χ4v) is 2.05. The first-order valence-corrected chi connectivity index (χ1v) is 6.22. The van der Waals surface area contributed by atoms with Gasteiger partial charge in [0.2, 0.25) is 0 Å². The summed E-state index contributed by atoms with van der Waals surface area (Å²) in [6.07, 6.45) is 1.73. The summed E-state index contributed by atoms with van der Waals surface area (Å²) in [5.41, 5.74) is 0.850. The molecule has 0 radical (unpaired) electrons. The molecule has 2 nitrogen and oxygen atoms in total. The zero-order valence-electron chi connectivity index (χ0n) is 9.28. The summed E-state index contributed by atoms with van der Waals surface area (Å²) in [7, 11) is 0. The van der Waals surface area contributed by atoms with Crippen molar-refractivity contribution in [1.82, 2.24) is 4.98 Å². The van der Waals surface area contributed by atoms with Gasteiger partial charge in [0.1, 0.15) is 11.6 Å². The lowest BCUT2D eigenvalue weighted by Gasteiger charge is -2.04. The van der Waals surface area contributed by atoms with Crippen LogP contribution >= 0.6 is 15.9 Å². The van der Waals surface area contributed by atoms with Crippen LogP contribution in [0.25, 0.3) is 10.9 Å². The van der Waals surface area contributed by atoms with Gasteiger partial charge in [-0.2, -0.15) is 0 Å². The van der Waals surface area contributed by atoms with Crippen LogP contribution in [0, 0.1) is 5.82 Å². The molecule has 0 aliphatic heterocycles. The zero-order chi connectivity index (χ0) is 12.5. The van der Waals surface area contributed by atoms with Crippen LogP contribution in [0.3, 0.4) is 0 Å². The minimum absolute atomic E-state index is 0.275. The first-order valence-electron chi connectivity index (χ1n) is 5.42. The predicted octanol–water partition coefficient (Wildman–Crippen LogP) is 4.86. The normalized spacial score (nSPS) is 10.8. The van der Waals surface area contributed by atoms with Crippen LogP contribution in [0.1, 0.15) is 0 Å². The van der Waals surface area contributed by atoms with Gasteiger partial charge in [-0.25, -0.2) is 4.39 Å². The van der Waals surface area contributed by atoms with Crippen LogP contribution in [-0.4, -0.2) is 4.98 Å². The van der Waals surface area contributed by atoms with Crippen LogP contribution in [0.5, 0.6) is 11.5 Å². The van der Waals surface area contributed by atoms with Crippen molar-refractivity contribution in [2.45, 2.75) is 0 Å². The lowest BCUT2D eigenvalue weighted by molar-refractivity contribution is 0.488. The Labute approximate surface area is 112 Å². The van der Waals surface area contributed by atoms with Crippen molar-refractivity contribution < 1.29 is 9.13 Å². The van der Waals surface area contributed by atoms with E-state index in [4.69, 9.17) is 4.74 Å². The molecular formula is C14H9BrFNO. The minimum Gasteiger partial charge on any atom is -0.455 e. The maximum Gasteiger partial charge on any atom is 0.152 e. The molecule has 0 spiro atoms. The number of hydrogen-bond acceptors (Lipinski definition) is 1. The highest BCUT2D eigenvalue weighted by atomic mass is 79.9. The number of nitrogens with one attached hydrogen (secondary N) is 1. The lowest BCUT2D eigenvalue weighted by Crippen LogP contribution is -1.82. The van der Waals surface area contributed by atoms with Gasteiger partial charge < -0.3 is 9.72 Å². The second-order valence-electron chi connectivity index (χ2n) is 3.90. The molecule has 0 bridgehead atoms. The molecule has 4 heteroatoms. The maximum atomic E-state index is 13.2. The van der Waals surface area contributed by atoms with Crippen molar-refractivity contribution >= 4 is 26.8 Å². The fraction of sp³-hybridized carbons (Fsp3) is 0. The monoisotopic (exact) mass is 305 g/mol. The van der Waals surface area contributed by atoms with Crippen molar-refractivity contribution in [1.29, 1.82) is 0 Å². The zero-order valence-corrected chi connectivity index (χ0v) is 10.9. The quantitative estimate of drug-likeness (QED) is 0.718. The van der Waals surface area contributed by atoms with Crippen LogP contribution < -0.4 is 4.74 Å². The van der Waals surface area contributed by atoms with Crippen molar-refractivity contribution in [3.8, 4) is 11.5 Å². The molecular weight excluding hydrogens is 297 g/mol. The smallest absolute Gasteiger partial charge is 0.152 e. The Morgan fingerprint density at radius 3 is 2.61 bits per heavy atom. The molecule has 0 aliphatic rings. The Kier molecular flexibility index (Phi) is 2.80. The molecule has 0 aliphatic carbocycles. The molecule has 18 heavy (non-hydrogen) atoms. The summed E-state index contributed by atoms with van der Waals surface area (Å²) in [6, 6.07) is 12.1. The molecule has 1 N–H and O–H groups in total. The van der Waals surface area contributed by atoms with E-state index in [1.54, 1.807) is 12.3 Å². The second kappa shape index (κ2) is 4.46. The highest BCUT2D eigenvalue weighted by molar-refractivity contribution is 9.10. The molecule has 90 valence electrons. The van der Waals surface area contributed by atoms with E-state index in [1.165, 1.54) is 12.1 Å². The molecule has 1 aromatic heterocycles. The third-order valence-electron chi connectivity index (χ3n) is 2.65. The molecule has 0 atom stereocenters. The Morgan fingerprint density at radius 2 is 1.83 bits per heavy atom. The molecule has 0 amide bonds. The Bertz CT molecular complexity index is 691. The Hall–Kier alpha value is -1.81. The van der Waals surface area contributed by atoms with E-state index in [2.05, 4.69) is 20.9 Å². The van der Waals surface area contributed by atoms with E-state index in [0.29, 0.717) is 11.5 Å². The van der Waals surface area contributed by atoms with Crippen LogP contribution in [-0.2, 0) is 0 Å². The fourth-order valence-electron chi connectivity index (χ4n) is 1.78. The molecule has 0 fully saturated rings. The minimum atomic E-state index is -0.275. The topological polar surface area (TPSA) is 25.0 Å². The number of halogens is 2. The second-order valence-corrected chi connectivity index (χ2v) is 4.81. The van der Waals surface area contributed by atoms with Gasteiger partial charge in [0.05, 0.1) is 0 Å². The van der Waals surface area contributed by atoms with Crippen molar-refractivity contribution in [3.05, 3.63) is 59.0 Å². The number of rotatable bonds is 2. The van der Waals surface area contributed by atoms with E-state index in [-0.39, 0.29) is 5.82 Å². The van der Waals surface area contributed by atoms with Gasteiger partial charge >= 0.3 is 0 Å². The highest BCUT2D eigenvalue weighted by Crippen LogP contribution is 2.30. The van der Waals surface area contributed by atoms with Gasteiger partial charge in [-0.3, -0.25) is 0 Å². The molecule has 0 unspecified atom stereocenters. The molecule has 0 saturated heterocycles. The van der Waals surface area contributed by atoms with Crippen LogP contribution in [0.4, 0.5) is 4.39 Å². The average Bonchev–Trinajstić information content (AvgIpc) is 2.75. The summed E-state index contributed by atoms with van der Waals surface area (Å²) in [5.74, 6) is 1.05. The molecule has 0 saturated carbocycles. The van der Waals surface area contributed by atoms with E-state index in [0.717, 1.165) is 15.4 Å². The first-order chi connectivity index (χ1) is 8.72. The number of aromatic amines is 1. The molecule has 1 heterocycles. The highest BCUT2D eigenvalue weighted by Gasteiger charge is 2.06. The van der Waals surface area contributed by atoms with E-state index in [9.17, 15) is 4.39 Å². The summed E-state index contributed by atoms with van der Waals surface area (Å²) in [4.78, 5) is 3.05. The number of fused-ring (bicyclic) bond motifs is 1. The van der Waals surface area contributed by atoms with E-state index in [1.807, 2.05) is 24.3 Å². The first kappa shape index (κ1) is 11.3. The SMILES string of the molecule is Fc1ccc2[nH]cc(Oc3ccc(Br)cc3)c2c1. The standard InChI is InChI=1S/C14H9BrFNO/c15-9-1-4-11(5-2-9)18-14-8-17-13-6-3-10(16)7-12(13)14/h1-8,17H. The summed E-state index contributed by atoms with van der Waals surface area (Å²) in [6.45, 7) is 0. The van der Waals surface area contributed by atoms with Crippen molar-refractivity contribution in [3.63, 3.8) is 0 Å². The Morgan fingerprint density at radius 1 is 1.06 bits per heavy atom. The van der Waals surface area contributed by atoms with Gasteiger partial charge in [0, 0.05) is 21.6 Å². The van der Waals surface area contributed by atoms with Gasteiger partial charge in [-0.05, 0) is 42.5 Å². The third-order valence-corrected chi connectivity index (χ3v) is 3.18. The number of hydrogen-bond donors (Lipinski definition) is 1. The largest absolute Gasteiger partial charge is 0.455 e. The third kappa shape index (κ3) is 2.11. The maximum absolute atomic E-state index is 13.2. The molecule has 3 aromatic rings. The Balaban J connectivity index is 1.99. The number of aromatic nitrogens is 1. The molecule has 2 aromatic carbocycles. The lowest BCUT2D eigenvalue weighted by atomic mass is 10.2. The van der Waals surface area contributed by atoms with Gasteiger partial charge in [0.15, 0.2) is 5.75 Å². The number of benzene rings is 2. The van der Waals surface area contributed by atoms with Gasteiger partial charge in [-0.15, -0.1) is 0 Å². The molecule has 3 rings (SSSR count). The average molecular weight is 306 g/mol. The van der Waals surface area contributed by atoms with E-state index < -0.39 is 0 Å². The van der Waals surface area contributed by atoms with Gasteiger partial charge in [-0.1, -0.05) is 15.9 Å². The van der Waals surface area contributed by atoms with Crippen LogP contribution in [0.2, 0.25) is 0 Å². The van der Waals surface area contributed by atoms with Gasteiger partial charge in [0.25, 0.3) is 0 Å². The van der Waals surface area contributed by atoms with E-state index >= 15 is 0 Å². The number of H-pyrrole nitrogens is 1. The summed E-state index contributed by atoms with van der Waals surface area (Å²) >= 11 is 3.36. The predicted molar refractivity (Wildman–Crippen MR) is 72.5 cm³/mol.